The van der Waals surface area contributed by atoms with Crippen molar-refractivity contribution >= 4 is 15.7 Å². The van der Waals surface area contributed by atoms with Gasteiger partial charge in [0.2, 0.25) is 15.9 Å². The average molecular weight is 299 g/mol. The number of halogens is 1. The second-order valence-electron chi connectivity index (χ2n) is 4.08. The van der Waals surface area contributed by atoms with Crippen LogP contribution in [0.1, 0.15) is 18.6 Å². The van der Waals surface area contributed by atoms with Gasteiger partial charge >= 0.3 is 0 Å². The highest BCUT2D eigenvalue weighted by Crippen LogP contribution is 2.16. The van der Waals surface area contributed by atoms with Crippen LogP contribution in [-0.2, 0) is 23.0 Å². The van der Waals surface area contributed by atoms with Crippen LogP contribution in [0.15, 0.2) is 33.7 Å². The number of oxazole rings is 1. The van der Waals surface area contributed by atoms with E-state index in [1.54, 1.807) is 6.20 Å². The monoisotopic (exact) mass is 299 g/mol. The summed E-state index contributed by atoms with van der Waals surface area (Å²) < 4.78 is 44.6. The van der Waals surface area contributed by atoms with Crippen molar-refractivity contribution in [2.24, 2.45) is 0 Å². The molecule has 0 unspecified atom stereocenters. The Kier molecular flexibility index (Phi) is 4.05. The average Bonchev–Trinajstić information content (AvgIpc) is 2.87. The highest BCUT2D eigenvalue weighted by Gasteiger charge is 2.16. The summed E-state index contributed by atoms with van der Waals surface area (Å²) in [6.45, 7) is 1.81. The van der Waals surface area contributed by atoms with Crippen molar-refractivity contribution in [1.82, 2.24) is 9.71 Å². The van der Waals surface area contributed by atoms with Crippen molar-refractivity contribution in [3.8, 4) is 0 Å². The van der Waals surface area contributed by atoms with Crippen LogP contribution in [0.5, 0.6) is 0 Å². The van der Waals surface area contributed by atoms with Crippen LogP contribution < -0.4 is 10.5 Å². The van der Waals surface area contributed by atoms with Gasteiger partial charge in [-0.15, -0.1) is 0 Å². The molecule has 108 valence electrons. The van der Waals surface area contributed by atoms with Crippen molar-refractivity contribution in [2.45, 2.75) is 24.8 Å². The number of nitrogens with zero attached hydrogens (tertiary/aromatic N) is 1. The lowest BCUT2D eigenvalue weighted by Crippen LogP contribution is -2.23. The van der Waals surface area contributed by atoms with Gasteiger partial charge in [0.25, 0.3) is 0 Å². The first-order valence-corrected chi connectivity index (χ1v) is 7.39. The molecule has 3 N–H and O–H groups in total. The second kappa shape index (κ2) is 5.59. The Labute approximate surface area is 115 Å². The molecule has 2 rings (SSSR count). The molecule has 0 radical (unpaired) electrons. The van der Waals surface area contributed by atoms with Gasteiger partial charge in [-0.3, -0.25) is 0 Å². The summed E-state index contributed by atoms with van der Waals surface area (Å²) in [5.74, 6) is 0.273. The first-order valence-electron chi connectivity index (χ1n) is 5.90. The number of aromatic nitrogens is 1. The summed E-state index contributed by atoms with van der Waals surface area (Å²) >= 11 is 0. The minimum Gasteiger partial charge on any atom is -0.444 e. The summed E-state index contributed by atoms with van der Waals surface area (Å²) in [5, 5.41) is 0. The molecule has 6 nitrogen and oxygen atoms in total. The van der Waals surface area contributed by atoms with Crippen molar-refractivity contribution in [1.29, 1.82) is 0 Å². The van der Waals surface area contributed by atoms with Crippen LogP contribution in [0.25, 0.3) is 0 Å². The number of anilines is 1. The fourth-order valence-corrected chi connectivity index (χ4v) is 2.53. The number of hydrogen-bond acceptors (Lipinski definition) is 5. The standard InChI is InChI=1S/C12H14FN3O3S/c1-2-8-6-15-12(19-8)7-16-20(17,18)9-3-4-10(13)11(14)5-9/h3-6,16H,2,7,14H2,1H3. The zero-order valence-electron chi connectivity index (χ0n) is 10.8. The fraction of sp³-hybridized carbons (Fsp3) is 0.250. The number of nitrogens with one attached hydrogen (secondary N) is 1. The number of aryl methyl sites for hydroxylation is 1. The molecule has 0 atom stereocenters. The fourth-order valence-electron chi connectivity index (χ4n) is 1.52. The molecule has 0 spiro atoms. The van der Waals surface area contributed by atoms with Crippen LogP contribution in [0.4, 0.5) is 10.1 Å². The topological polar surface area (TPSA) is 98.2 Å². The molecule has 0 aliphatic carbocycles. The zero-order valence-corrected chi connectivity index (χ0v) is 11.6. The Balaban J connectivity index is 2.12. The maximum absolute atomic E-state index is 13.0. The van der Waals surface area contributed by atoms with Gasteiger partial charge < -0.3 is 10.2 Å². The molecule has 2 aromatic rings. The molecule has 1 aromatic carbocycles. The SMILES string of the molecule is CCc1cnc(CNS(=O)(=O)c2ccc(F)c(N)c2)o1. The maximum Gasteiger partial charge on any atom is 0.241 e. The second-order valence-corrected chi connectivity index (χ2v) is 5.85. The van der Waals surface area contributed by atoms with E-state index in [4.69, 9.17) is 10.2 Å². The molecule has 8 heteroatoms. The zero-order chi connectivity index (χ0) is 14.8. The Hall–Kier alpha value is -1.93. The van der Waals surface area contributed by atoms with Gasteiger partial charge in [0.05, 0.1) is 23.3 Å². The van der Waals surface area contributed by atoms with E-state index in [2.05, 4.69) is 9.71 Å². The molecule has 0 saturated carbocycles. The first-order chi connectivity index (χ1) is 9.42. The normalized spacial score (nSPS) is 11.7. The number of sulfonamides is 1. The minimum atomic E-state index is -3.79. The highest BCUT2D eigenvalue weighted by molar-refractivity contribution is 7.89. The number of rotatable bonds is 5. The third-order valence-electron chi connectivity index (χ3n) is 2.64. The van der Waals surface area contributed by atoms with Crippen LogP contribution in [0.3, 0.4) is 0 Å². The van der Waals surface area contributed by atoms with Crippen LogP contribution in [0, 0.1) is 5.82 Å². The number of benzene rings is 1. The molecular formula is C12H14FN3O3S. The maximum atomic E-state index is 13.0. The Morgan fingerprint density at radius 2 is 2.20 bits per heavy atom. The van der Waals surface area contributed by atoms with Crippen molar-refractivity contribution in [2.75, 3.05) is 5.73 Å². The van der Waals surface area contributed by atoms with Gasteiger partial charge in [-0.2, -0.15) is 0 Å². The summed E-state index contributed by atoms with van der Waals surface area (Å²) in [4.78, 5) is 3.82. The molecule has 0 saturated heterocycles. The van der Waals surface area contributed by atoms with E-state index in [-0.39, 0.29) is 23.0 Å². The van der Waals surface area contributed by atoms with E-state index >= 15 is 0 Å². The highest BCUT2D eigenvalue weighted by atomic mass is 32.2. The van der Waals surface area contributed by atoms with Crippen LogP contribution in [-0.4, -0.2) is 13.4 Å². The molecule has 0 fully saturated rings. The lowest BCUT2D eigenvalue weighted by Gasteiger charge is -2.06. The van der Waals surface area contributed by atoms with Crippen molar-refractivity contribution < 1.29 is 17.2 Å². The van der Waals surface area contributed by atoms with Crippen LogP contribution in [0.2, 0.25) is 0 Å². The predicted molar refractivity (Wildman–Crippen MR) is 70.7 cm³/mol. The molecule has 0 bridgehead atoms. The summed E-state index contributed by atoms with van der Waals surface area (Å²) in [6.07, 6.45) is 2.22. The minimum absolute atomic E-state index is 0.0837. The van der Waals surface area contributed by atoms with Gasteiger partial charge in [0, 0.05) is 6.42 Å². The van der Waals surface area contributed by atoms with Gasteiger partial charge in [0.15, 0.2) is 0 Å². The third-order valence-corrected chi connectivity index (χ3v) is 4.04. The molecule has 1 aromatic heterocycles. The Bertz CT molecular complexity index is 712. The Morgan fingerprint density at radius 1 is 1.45 bits per heavy atom. The van der Waals surface area contributed by atoms with Gasteiger partial charge in [-0.25, -0.2) is 22.5 Å². The molecule has 1 heterocycles. The summed E-state index contributed by atoms with van der Waals surface area (Å²) in [6, 6.07) is 3.20. The van der Waals surface area contributed by atoms with Gasteiger partial charge in [0.1, 0.15) is 11.6 Å². The van der Waals surface area contributed by atoms with Crippen molar-refractivity contribution in [3.63, 3.8) is 0 Å². The third kappa shape index (κ3) is 3.14. The van der Waals surface area contributed by atoms with E-state index in [9.17, 15) is 12.8 Å². The van der Waals surface area contributed by atoms with E-state index in [0.717, 1.165) is 18.2 Å². The first kappa shape index (κ1) is 14.5. The number of nitrogen functional groups attached to an aromatic ring is 1. The van der Waals surface area contributed by atoms with E-state index < -0.39 is 15.8 Å². The van der Waals surface area contributed by atoms with Gasteiger partial charge in [-0.05, 0) is 18.2 Å². The molecule has 0 aliphatic heterocycles. The summed E-state index contributed by atoms with van der Waals surface area (Å²) in [7, 11) is -3.79. The molecule has 0 amide bonds. The molecular weight excluding hydrogens is 285 g/mol. The smallest absolute Gasteiger partial charge is 0.241 e. The lowest BCUT2D eigenvalue weighted by atomic mass is 10.3. The van der Waals surface area contributed by atoms with Crippen LogP contribution >= 0.6 is 0 Å². The molecule has 20 heavy (non-hydrogen) atoms. The number of hydrogen-bond donors (Lipinski definition) is 2. The largest absolute Gasteiger partial charge is 0.444 e. The van der Waals surface area contributed by atoms with E-state index in [1.807, 2.05) is 6.92 Å². The summed E-state index contributed by atoms with van der Waals surface area (Å²) in [5.41, 5.74) is 5.12. The van der Waals surface area contributed by atoms with E-state index in [0.29, 0.717) is 12.2 Å². The van der Waals surface area contributed by atoms with E-state index in [1.165, 1.54) is 0 Å². The Morgan fingerprint density at radius 3 is 2.80 bits per heavy atom. The predicted octanol–water partition coefficient (Wildman–Crippen LogP) is 1.44. The quantitative estimate of drug-likeness (QED) is 0.814. The number of nitrogens with two attached hydrogens (primary N) is 1. The van der Waals surface area contributed by atoms with Crippen molar-refractivity contribution in [3.05, 3.63) is 41.9 Å². The lowest BCUT2D eigenvalue weighted by molar-refractivity contribution is 0.452. The van der Waals surface area contributed by atoms with Gasteiger partial charge in [-0.1, -0.05) is 6.92 Å². The molecule has 0 aliphatic rings.